The number of aryl methyl sites for hydroxylation is 1. The number of aromatic nitrogens is 3. The second-order valence-electron chi connectivity index (χ2n) is 3.49. The van der Waals surface area contributed by atoms with E-state index in [2.05, 4.69) is 15.5 Å². The average Bonchev–Trinajstić information content (AvgIpc) is 2.74. The van der Waals surface area contributed by atoms with Gasteiger partial charge in [-0.2, -0.15) is 0 Å². The fourth-order valence-electron chi connectivity index (χ4n) is 1.46. The summed E-state index contributed by atoms with van der Waals surface area (Å²) in [7, 11) is 3.44. The minimum Gasteiger partial charge on any atom is -0.383 e. The fraction of sp³-hybridized carbons (Fsp3) is 0.200. The molecule has 1 N–H and O–H groups in total. The van der Waals surface area contributed by atoms with E-state index in [1.165, 1.54) is 11.8 Å². The zero-order valence-corrected chi connectivity index (χ0v) is 10.6. The van der Waals surface area contributed by atoms with E-state index in [0.717, 1.165) is 0 Å². The lowest BCUT2D eigenvalue weighted by atomic mass is 10.3. The number of para-hydroxylation sites is 1. The number of hydrogen-bond donors (Lipinski definition) is 1. The lowest BCUT2D eigenvalue weighted by Gasteiger charge is -2.06. The summed E-state index contributed by atoms with van der Waals surface area (Å²) < 4.78 is 1.71. The second-order valence-corrected chi connectivity index (χ2v) is 4.50. The highest BCUT2D eigenvalue weighted by Gasteiger charge is 2.20. The van der Waals surface area contributed by atoms with Gasteiger partial charge in [0.15, 0.2) is 5.16 Å². The molecule has 0 amide bonds. The maximum Gasteiger partial charge on any atom is 0.306 e. The van der Waals surface area contributed by atoms with Crippen molar-refractivity contribution in [3.63, 3.8) is 0 Å². The summed E-state index contributed by atoms with van der Waals surface area (Å²) in [5, 5.41) is 22.2. The lowest BCUT2D eigenvalue weighted by Crippen LogP contribution is -1.98. The topological polar surface area (TPSA) is 85.9 Å². The summed E-state index contributed by atoms with van der Waals surface area (Å²) in [4.78, 5) is 11.3. The largest absolute Gasteiger partial charge is 0.383 e. The number of nitrogens with one attached hydrogen (secondary N) is 1. The first-order valence-electron chi connectivity index (χ1n) is 5.10. The molecule has 0 atom stereocenters. The average molecular weight is 265 g/mol. The van der Waals surface area contributed by atoms with Crippen LogP contribution in [0.5, 0.6) is 0 Å². The van der Waals surface area contributed by atoms with E-state index in [9.17, 15) is 10.1 Å². The number of nitrogens with zero attached hydrogens (tertiary/aromatic N) is 4. The first-order chi connectivity index (χ1) is 8.63. The molecule has 0 unspecified atom stereocenters. The van der Waals surface area contributed by atoms with Crippen LogP contribution in [0.3, 0.4) is 0 Å². The van der Waals surface area contributed by atoms with Crippen LogP contribution in [-0.4, -0.2) is 26.7 Å². The van der Waals surface area contributed by atoms with E-state index < -0.39 is 4.92 Å². The minimum absolute atomic E-state index is 0.0491. The molecule has 0 spiro atoms. The fourth-order valence-corrected chi connectivity index (χ4v) is 2.36. The molecule has 0 saturated heterocycles. The van der Waals surface area contributed by atoms with Crippen LogP contribution in [0, 0.1) is 10.1 Å². The normalized spacial score (nSPS) is 10.3. The third-order valence-electron chi connectivity index (χ3n) is 2.32. The van der Waals surface area contributed by atoms with Gasteiger partial charge in [0.2, 0.25) is 0 Å². The highest BCUT2D eigenvalue weighted by Crippen LogP contribution is 2.38. The van der Waals surface area contributed by atoms with Crippen LogP contribution in [0.25, 0.3) is 0 Å². The van der Waals surface area contributed by atoms with Gasteiger partial charge in [-0.25, -0.2) is 0 Å². The number of hydrogen-bond acceptors (Lipinski definition) is 6. The van der Waals surface area contributed by atoms with Crippen molar-refractivity contribution in [2.24, 2.45) is 7.05 Å². The number of benzene rings is 1. The summed E-state index contributed by atoms with van der Waals surface area (Å²) in [5.74, 6) is 0. The van der Waals surface area contributed by atoms with Crippen molar-refractivity contribution in [2.75, 3.05) is 12.4 Å². The Kier molecular flexibility index (Phi) is 3.47. The van der Waals surface area contributed by atoms with Gasteiger partial charge in [-0.15, -0.1) is 10.2 Å². The predicted octanol–water partition coefficient (Wildman–Crippen LogP) is 1.92. The third-order valence-corrected chi connectivity index (χ3v) is 3.42. The van der Waals surface area contributed by atoms with Crippen LogP contribution in [0.1, 0.15) is 0 Å². The molecular formula is C10H11N5O2S. The van der Waals surface area contributed by atoms with Crippen LogP contribution in [-0.2, 0) is 7.05 Å². The maximum absolute atomic E-state index is 11.1. The highest BCUT2D eigenvalue weighted by atomic mass is 32.2. The van der Waals surface area contributed by atoms with Crippen molar-refractivity contribution < 1.29 is 4.92 Å². The van der Waals surface area contributed by atoms with E-state index in [1.807, 2.05) is 0 Å². The Morgan fingerprint density at radius 3 is 2.83 bits per heavy atom. The van der Waals surface area contributed by atoms with Crippen LogP contribution in [0.2, 0.25) is 0 Å². The summed E-state index contributed by atoms with van der Waals surface area (Å²) >= 11 is 1.21. The van der Waals surface area contributed by atoms with Crippen molar-refractivity contribution >= 4 is 23.1 Å². The molecule has 1 heterocycles. The number of nitro benzene ring substituents is 1. The molecule has 1 aromatic carbocycles. The van der Waals surface area contributed by atoms with Gasteiger partial charge in [-0.1, -0.05) is 6.07 Å². The number of rotatable bonds is 4. The van der Waals surface area contributed by atoms with Gasteiger partial charge in [-0.05, 0) is 23.9 Å². The van der Waals surface area contributed by atoms with Crippen molar-refractivity contribution in [3.8, 4) is 0 Å². The lowest BCUT2D eigenvalue weighted by molar-refractivity contribution is -0.386. The van der Waals surface area contributed by atoms with Crippen molar-refractivity contribution in [2.45, 2.75) is 10.1 Å². The van der Waals surface area contributed by atoms with E-state index in [1.54, 1.807) is 43.2 Å². The van der Waals surface area contributed by atoms with E-state index in [-0.39, 0.29) is 5.69 Å². The van der Waals surface area contributed by atoms with Crippen molar-refractivity contribution in [1.82, 2.24) is 14.8 Å². The summed E-state index contributed by atoms with van der Waals surface area (Å²) in [6.45, 7) is 0. The molecule has 0 saturated carbocycles. The van der Waals surface area contributed by atoms with Gasteiger partial charge in [0, 0.05) is 14.1 Å². The Morgan fingerprint density at radius 2 is 2.28 bits per heavy atom. The van der Waals surface area contributed by atoms with Crippen molar-refractivity contribution in [1.29, 1.82) is 0 Å². The zero-order valence-electron chi connectivity index (χ0n) is 9.82. The second kappa shape index (κ2) is 5.05. The monoisotopic (exact) mass is 265 g/mol. The first-order valence-corrected chi connectivity index (χ1v) is 5.92. The first kappa shape index (κ1) is 12.4. The maximum atomic E-state index is 11.1. The standard InChI is InChI=1S/C10H11N5O2S/c1-11-7-4-3-5-8(9(7)15(16)17)18-10-13-12-6-14(10)2/h3-6,11H,1-2H3. The molecule has 8 heteroatoms. The van der Waals surface area contributed by atoms with Crippen molar-refractivity contribution in [3.05, 3.63) is 34.6 Å². The molecular weight excluding hydrogens is 254 g/mol. The summed E-state index contributed by atoms with van der Waals surface area (Å²) in [6, 6.07) is 5.12. The predicted molar refractivity (Wildman–Crippen MR) is 67.8 cm³/mol. The molecule has 1 aromatic heterocycles. The SMILES string of the molecule is CNc1cccc(Sc2nncn2C)c1[N+](=O)[O-]. The summed E-state index contributed by atoms with van der Waals surface area (Å²) in [5.41, 5.74) is 0.528. The Hall–Kier alpha value is -2.09. The molecule has 0 aliphatic heterocycles. The quantitative estimate of drug-likeness (QED) is 0.671. The minimum atomic E-state index is -0.398. The molecule has 7 nitrogen and oxygen atoms in total. The van der Waals surface area contributed by atoms with E-state index >= 15 is 0 Å². The van der Waals surface area contributed by atoms with Gasteiger partial charge in [0.1, 0.15) is 12.0 Å². The molecule has 0 bridgehead atoms. The molecule has 18 heavy (non-hydrogen) atoms. The van der Waals surface area contributed by atoms with E-state index in [4.69, 9.17) is 0 Å². The molecule has 0 fully saturated rings. The van der Waals surface area contributed by atoms with Gasteiger partial charge < -0.3 is 9.88 Å². The Bertz CT molecular complexity index is 583. The molecule has 2 aromatic rings. The highest BCUT2D eigenvalue weighted by molar-refractivity contribution is 7.99. The van der Waals surface area contributed by atoms with Gasteiger partial charge in [0.05, 0.1) is 9.82 Å². The van der Waals surface area contributed by atoms with Crippen LogP contribution >= 0.6 is 11.8 Å². The van der Waals surface area contributed by atoms with Gasteiger partial charge >= 0.3 is 5.69 Å². The molecule has 0 aliphatic rings. The summed E-state index contributed by atoms with van der Waals surface area (Å²) in [6.07, 6.45) is 1.55. The Balaban J connectivity index is 2.44. The molecule has 0 aliphatic carbocycles. The van der Waals surface area contributed by atoms with Gasteiger partial charge in [0.25, 0.3) is 0 Å². The smallest absolute Gasteiger partial charge is 0.306 e. The van der Waals surface area contributed by atoms with Crippen LogP contribution in [0.15, 0.2) is 34.6 Å². The number of nitro groups is 1. The van der Waals surface area contributed by atoms with E-state index in [0.29, 0.717) is 15.7 Å². The number of anilines is 1. The third kappa shape index (κ3) is 2.28. The van der Waals surface area contributed by atoms with Crippen LogP contribution < -0.4 is 5.32 Å². The van der Waals surface area contributed by atoms with Gasteiger partial charge in [-0.3, -0.25) is 10.1 Å². The molecule has 2 rings (SSSR count). The Morgan fingerprint density at radius 1 is 1.50 bits per heavy atom. The molecule has 0 radical (unpaired) electrons. The molecule has 94 valence electrons. The Labute approximate surface area is 107 Å². The van der Waals surface area contributed by atoms with Crippen LogP contribution in [0.4, 0.5) is 11.4 Å². The zero-order chi connectivity index (χ0) is 13.1.